The number of sulfonamides is 1. The maximum absolute atomic E-state index is 13.1. The molecule has 1 amide bonds. The van der Waals surface area contributed by atoms with Gasteiger partial charge in [-0.05, 0) is 41.7 Å². The molecule has 1 aromatic heterocycles. The molecule has 0 saturated carbocycles. The second-order valence-corrected chi connectivity index (χ2v) is 13.0. The summed E-state index contributed by atoms with van der Waals surface area (Å²) < 4.78 is 28.9. The fourth-order valence-corrected chi connectivity index (χ4v) is 4.72. The van der Waals surface area contributed by atoms with Crippen LogP contribution in [0.5, 0.6) is 0 Å². The van der Waals surface area contributed by atoms with Crippen LogP contribution >= 0.6 is 0 Å². The summed E-state index contributed by atoms with van der Waals surface area (Å²) in [5.74, 6) is 0.0483. The van der Waals surface area contributed by atoms with E-state index >= 15 is 0 Å². The quantitative estimate of drug-likeness (QED) is 0.518. The molecule has 8 heteroatoms. The zero-order valence-electron chi connectivity index (χ0n) is 21.9. The van der Waals surface area contributed by atoms with Crippen LogP contribution in [-0.4, -0.2) is 42.0 Å². The van der Waals surface area contributed by atoms with Crippen molar-refractivity contribution in [1.82, 2.24) is 14.1 Å². The molecule has 0 unspecified atom stereocenters. The number of hydrogen-bond acceptors (Lipinski definition) is 4. The number of anilines is 1. The smallest absolute Gasteiger partial charge is 0.243 e. The molecule has 0 aliphatic carbocycles. The Morgan fingerprint density at radius 3 is 2.11 bits per heavy atom. The fraction of sp³-hybridized carbons (Fsp3) is 0.407. The van der Waals surface area contributed by atoms with Crippen molar-refractivity contribution in [2.45, 2.75) is 64.2 Å². The zero-order valence-corrected chi connectivity index (χ0v) is 22.7. The first-order valence-electron chi connectivity index (χ1n) is 11.6. The van der Waals surface area contributed by atoms with E-state index in [0.717, 1.165) is 26.8 Å². The van der Waals surface area contributed by atoms with E-state index in [-0.39, 0.29) is 22.3 Å². The van der Waals surface area contributed by atoms with Crippen molar-refractivity contribution in [1.29, 1.82) is 0 Å². The normalized spacial score (nSPS) is 12.7. The van der Waals surface area contributed by atoms with E-state index in [1.54, 1.807) is 16.8 Å². The molecule has 3 rings (SSSR count). The monoisotopic (exact) mass is 496 g/mol. The number of carbonyl (C=O) groups is 1. The summed E-state index contributed by atoms with van der Waals surface area (Å²) in [4.78, 5) is 13.1. The summed E-state index contributed by atoms with van der Waals surface area (Å²) in [6.45, 7) is 14.0. The second kappa shape index (κ2) is 9.59. The third kappa shape index (κ3) is 6.00. The highest BCUT2D eigenvalue weighted by atomic mass is 32.2. The highest BCUT2D eigenvalue weighted by Crippen LogP contribution is 2.28. The third-order valence-electron chi connectivity index (χ3n) is 5.88. The van der Waals surface area contributed by atoms with Crippen LogP contribution in [-0.2, 0) is 25.6 Å². The maximum atomic E-state index is 13.1. The van der Waals surface area contributed by atoms with Gasteiger partial charge in [0.15, 0.2) is 0 Å². The molecule has 188 valence electrons. The molecule has 0 bridgehead atoms. The van der Waals surface area contributed by atoms with Gasteiger partial charge >= 0.3 is 0 Å². The van der Waals surface area contributed by atoms with Gasteiger partial charge in [-0.2, -0.15) is 9.40 Å². The number of benzene rings is 2. The summed E-state index contributed by atoms with van der Waals surface area (Å²) in [5.41, 5.74) is 3.39. The summed E-state index contributed by atoms with van der Waals surface area (Å²) in [7, 11) is -2.42. The Kier molecular flexibility index (Phi) is 7.29. The number of amides is 1. The summed E-state index contributed by atoms with van der Waals surface area (Å²) in [6, 6.07) is 16.4. The molecule has 0 fully saturated rings. The van der Waals surface area contributed by atoms with Gasteiger partial charge in [-0.3, -0.25) is 4.79 Å². The molecule has 0 radical (unpaired) electrons. The van der Waals surface area contributed by atoms with Gasteiger partial charge in [0.05, 0.1) is 22.8 Å². The van der Waals surface area contributed by atoms with E-state index in [4.69, 9.17) is 5.10 Å². The van der Waals surface area contributed by atoms with Crippen molar-refractivity contribution in [2.75, 3.05) is 18.9 Å². The second-order valence-electron chi connectivity index (χ2n) is 10.9. The van der Waals surface area contributed by atoms with Crippen molar-refractivity contribution >= 4 is 21.7 Å². The minimum absolute atomic E-state index is 0.0833. The Morgan fingerprint density at radius 2 is 1.57 bits per heavy atom. The number of likely N-dealkylation sites (N-methyl/N-ethyl adjacent to an activating group) is 1. The largest absolute Gasteiger partial charge is 0.309 e. The lowest BCUT2D eigenvalue weighted by Gasteiger charge is -2.21. The average Bonchev–Trinajstić information content (AvgIpc) is 3.17. The minimum atomic E-state index is -3.83. The zero-order chi connectivity index (χ0) is 26.2. The highest BCUT2D eigenvalue weighted by Gasteiger charge is 2.26. The van der Waals surface area contributed by atoms with E-state index in [9.17, 15) is 13.2 Å². The number of aryl methyl sites for hydroxylation is 1. The summed E-state index contributed by atoms with van der Waals surface area (Å²) >= 11 is 0. The van der Waals surface area contributed by atoms with E-state index in [1.165, 1.54) is 7.05 Å². The van der Waals surface area contributed by atoms with Crippen molar-refractivity contribution in [3.8, 4) is 5.69 Å². The maximum Gasteiger partial charge on any atom is 0.243 e. The first-order valence-corrected chi connectivity index (χ1v) is 13.1. The molecule has 2 aromatic carbocycles. The molecular weight excluding hydrogens is 460 g/mol. The molecule has 35 heavy (non-hydrogen) atoms. The molecule has 0 atom stereocenters. The number of nitrogens with zero attached hydrogens (tertiary/aromatic N) is 3. The van der Waals surface area contributed by atoms with Gasteiger partial charge in [-0.1, -0.05) is 71.9 Å². The SMILES string of the molecule is Cc1ccccc1-n1nc(C(C)(C)C)cc1NC(=O)CN(C)S(=O)(=O)c1ccc(C(C)(C)C)cc1. The van der Waals surface area contributed by atoms with Gasteiger partial charge in [0.25, 0.3) is 0 Å². The molecule has 1 N–H and O–H groups in total. The fourth-order valence-electron chi connectivity index (χ4n) is 3.60. The van der Waals surface area contributed by atoms with Crippen LogP contribution < -0.4 is 5.32 Å². The van der Waals surface area contributed by atoms with Gasteiger partial charge in [-0.25, -0.2) is 13.1 Å². The van der Waals surface area contributed by atoms with E-state index in [0.29, 0.717) is 5.82 Å². The third-order valence-corrected chi connectivity index (χ3v) is 7.70. The van der Waals surface area contributed by atoms with Gasteiger partial charge in [0.1, 0.15) is 5.82 Å². The van der Waals surface area contributed by atoms with E-state index in [1.807, 2.05) is 49.4 Å². The Hall–Kier alpha value is -2.97. The molecule has 3 aromatic rings. The molecule has 0 spiro atoms. The van der Waals surface area contributed by atoms with Crippen LogP contribution in [0.1, 0.15) is 58.4 Å². The predicted octanol–water partition coefficient (Wildman–Crippen LogP) is 5.03. The molecule has 7 nitrogen and oxygen atoms in total. The molecule has 0 aliphatic heterocycles. The number of hydrogen-bond donors (Lipinski definition) is 1. The Balaban J connectivity index is 1.84. The van der Waals surface area contributed by atoms with Gasteiger partial charge in [-0.15, -0.1) is 0 Å². The Bertz CT molecular complexity index is 1310. The average molecular weight is 497 g/mol. The summed E-state index contributed by atoms with van der Waals surface area (Å²) in [6.07, 6.45) is 0. The van der Waals surface area contributed by atoms with Gasteiger partial charge < -0.3 is 5.32 Å². The molecule has 0 aliphatic rings. The van der Waals surface area contributed by atoms with E-state index in [2.05, 4.69) is 46.9 Å². The van der Waals surface area contributed by atoms with Crippen molar-refractivity contribution < 1.29 is 13.2 Å². The van der Waals surface area contributed by atoms with Gasteiger partial charge in [0.2, 0.25) is 15.9 Å². The number of aromatic nitrogens is 2. The number of rotatable bonds is 6. The highest BCUT2D eigenvalue weighted by molar-refractivity contribution is 7.89. The van der Waals surface area contributed by atoms with Crippen LogP contribution in [0.15, 0.2) is 59.5 Å². The topological polar surface area (TPSA) is 84.3 Å². The first-order chi connectivity index (χ1) is 16.1. The van der Waals surface area contributed by atoms with Gasteiger partial charge in [0, 0.05) is 18.5 Å². The summed E-state index contributed by atoms with van der Waals surface area (Å²) in [5, 5.41) is 7.61. The van der Waals surface area contributed by atoms with Crippen molar-refractivity contribution in [3.05, 3.63) is 71.4 Å². The van der Waals surface area contributed by atoms with Crippen LogP contribution in [0.4, 0.5) is 5.82 Å². The molecule has 0 saturated heterocycles. The number of para-hydroxylation sites is 1. The van der Waals surface area contributed by atoms with Crippen molar-refractivity contribution in [3.63, 3.8) is 0 Å². The number of nitrogens with one attached hydrogen (secondary N) is 1. The Labute approximate surface area is 209 Å². The predicted molar refractivity (Wildman–Crippen MR) is 141 cm³/mol. The lowest BCUT2D eigenvalue weighted by molar-refractivity contribution is -0.116. The van der Waals surface area contributed by atoms with Crippen LogP contribution in [0.2, 0.25) is 0 Å². The lowest BCUT2D eigenvalue weighted by Crippen LogP contribution is -2.35. The molecule has 1 heterocycles. The standard InChI is InChI=1S/C27H36N4O3S/c1-19-11-9-10-12-22(19)31-24(17-23(29-31)27(5,6)7)28-25(32)18-30(8)35(33,34)21-15-13-20(14-16-21)26(2,3)4/h9-17H,18H2,1-8H3,(H,28,32). The Morgan fingerprint density at radius 1 is 0.971 bits per heavy atom. The number of carbonyl (C=O) groups excluding carboxylic acids is 1. The van der Waals surface area contributed by atoms with Crippen LogP contribution in [0.25, 0.3) is 5.69 Å². The van der Waals surface area contributed by atoms with Crippen LogP contribution in [0, 0.1) is 6.92 Å². The van der Waals surface area contributed by atoms with E-state index < -0.39 is 15.9 Å². The van der Waals surface area contributed by atoms with Crippen LogP contribution in [0.3, 0.4) is 0 Å². The minimum Gasteiger partial charge on any atom is -0.309 e. The lowest BCUT2D eigenvalue weighted by atomic mass is 9.87. The van der Waals surface area contributed by atoms with Crippen molar-refractivity contribution in [2.24, 2.45) is 0 Å². The first kappa shape index (κ1) is 26.6. The molecular formula is C27H36N4O3S.